The largest absolute Gasteiger partial charge is 0.384 e. The van der Waals surface area contributed by atoms with Crippen LogP contribution >= 0.6 is 11.3 Å². The van der Waals surface area contributed by atoms with Crippen LogP contribution < -0.4 is 0 Å². The third-order valence-corrected chi connectivity index (χ3v) is 5.08. The van der Waals surface area contributed by atoms with Crippen molar-refractivity contribution in [1.82, 2.24) is 0 Å². The second-order valence-corrected chi connectivity index (χ2v) is 6.24. The highest BCUT2D eigenvalue weighted by Crippen LogP contribution is 2.35. The Kier molecular flexibility index (Phi) is 4.09. The number of thiophene rings is 1. The van der Waals surface area contributed by atoms with E-state index in [-0.39, 0.29) is 0 Å². The Labute approximate surface area is 129 Å². The number of hydrogen-bond acceptors (Lipinski definition) is 2. The fourth-order valence-corrected chi connectivity index (χ4v) is 3.80. The summed E-state index contributed by atoms with van der Waals surface area (Å²) < 4.78 is 1.23. The van der Waals surface area contributed by atoms with E-state index in [2.05, 4.69) is 49.6 Å². The lowest BCUT2D eigenvalue weighted by molar-refractivity contribution is 0.221. The molecule has 1 unspecified atom stereocenters. The molecule has 1 nitrogen and oxygen atoms in total. The zero-order valence-corrected chi connectivity index (χ0v) is 13.3. The number of aryl methyl sites for hydroxylation is 2. The fraction of sp³-hybridized carbons (Fsp3) is 0.263. The summed E-state index contributed by atoms with van der Waals surface area (Å²) in [6, 6.07) is 14.8. The van der Waals surface area contributed by atoms with Crippen LogP contribution in [0.15, 0.2) is 47.8 Å². The van der Waals surface area contributed by atoms with Gasteiger partial charge < -0.3 is 5.11 Å². The van der Waals surface area contributed by atoms with Gasteiger partial charge >= 0.3 is 0 Å². The molecule has 1 heterocycles. The molecule has 0 aliphatic rings. The quantitative estimate of drug-likeness (QED) is 0.709. The predicted molar refractivity (Wildman–Crippen MR) is 91.1 cm³/mol. The summed E-state index contributed by atoms with van der Waals surface area (Å²) in [5.74, 6) is 0. The van der Waals surface area contributed by atoms with Crippen molar-refractivity contribution in [2.24, 2.45) is 0 Å². The Balaban J connectivity index is 2.11. The molecule has 2 heteroatoms. The van der Waals surface area contributed by atoms with E-state index >= 15 is 0 Å². The van der Waals surface area contributed by atoms with Crippen molar-refractivity contribution < 1.29 is 5.11 Å². The molecule has 108 valence electrons. The Morgan fingerprint density at radius 1 is 1.00 bits per heavy atom. The van der Waals surface area contributed by atoms with Gasteiger partial charge in [-0.1, -0.05) is 50.2 Å². The van der Waals surface area contributed by atoms with Gasteiger partial charge in [-0.25, -0.2) is 0 Å². The Bertz CT molecular complexity index is 757. The number of aliphatic hydroxyl groups is 1. The molecule has 0 bridgehead atoms. The van der Waals surface area contributed by atoms with E-state index in [1.165, 1.54) is 21.2 Å². The second-order valence-electron chi connectivity index (χ2n) is 5.33. The molecule has 3 rings (SSSR count). The molecule has 0 saturated carbocycles. The monoisotopic (exact) mass is 296 g/mol. The topological polar surface area (TPSA) is 20.2 Å². The van der Waals surface area contributed by atoms with Crippen LogP contribution in [0.1, 0.15) is 42.2 Å². The maximum Gasteiger partial charge on any atom is 0.106 e. The number of aliphatic hydroxyl groups excluding tert-OH is 1. The van der Waals surface area contributed by atoms with Crippen LogP contribution in [0.3, 0.4) is 0 Å². The smallest absolute Gasteiger partial charge is 0.106 e. The Morgan fingerprint density at radius 2 is 1.81 bits per heavy atom. The average Bonchev–Trinajstić information content (AvgIpc) is 2.97. The van der Waals surface area contributed by atoms with Crippen molar-refractivity contribution in [3.8, 4) is 0 Å². The first kappa shape index (κ1) is 14.3. The zero-order chi connectivity index (χ0) is 14.8. The van der Waals surface area contributed by atoms with Crippen molar-refractivity contribution in [2.45, 2.75) is 32.8 Å². The van der Waals surface area contributed by atoms with Crippen LogP contribution in [0.5, 0.6) is 0 Å². The van der Waals surface area contributed by atoms with Crippen molar-refractivity contribution in [1.29, 1.82) is 0 Å². The highest BCUT2D eigenvalue weighted by Gasteiger charge is 2.18. The minimum absolute atomic E-state index is 0.539. The first-order chi connectivity index (χ1) is 10.2. The van der Waals surface area contributed by atoms with Crippen LogP contribution in [0.25, 0.3) is 10.1 Å². The number of fused-ring (bicyclic) bond motifs is 1. The van der Waals surface area contributed by atoms with Crippen LogP contribution in [0, 0.1) is 0 Å². The van der Waals surface area contributed by atoms with E-state index < -0.39 is 6.10 Å². The lowest BCUT2D eigenvalue weighted by atomic mass is 9.93. The number of hydrogen-bond donors (Lipinski definition) is 1. The van der Waals surface area contributed by atoms with Crippen molar-refractivity contribution in [2.75, 3.05) is 0 Å². The molecule has 1 aromatic heterocycles. The number of rotatable bonds is 4. The van der Waals surface area contributed by atoms with Gasteiger partial charge in [0, 0.05) is 10.3 Å². The molecule has 1 N–H and O–H groups in total. The normalized spacial score (nSPS) is 12.7. The van der Waals surface area contributed by atoms with Gasteiger partial charge in [0.15, 0.2) is 0 Å². The molecule has 0 fully saturated rings. The summed E-state index contributed by atoms with van der Waals surface area (Å²) >= 11 is 1.70. The van der Waals surface area contributed by atoms with E-state index in [1.807, 2.05) is 12.1 Å². The van der Waals surface area contributed by atoms with E-state index in [4.69, 9.17) is 0 Å². The highest BCUT2D eigenvalue weighted by atomic mass is 32.1. The van der Waals surface area contributed by atoms with Crippen LogP contribution in [0.4, 0.5) is 0 Å². The summed E-state index contributed by atoms with van der Waals surface area (Å²) in [5, 5.41) is 14.2. The van der Waals surface area contributed by atoms with Gasteiger partial charge in [0.1, 0.15) is 6.10 Å². The summed E-state index contributed by atoms with van der Waals surface area (Å²) in [7, 11) is 0. The van der Waals surface area contributed by atoms with E-state index in [1.54, 1.807) is 11.3 Å². The first-order valence-corrected chi connectivity index (χ1v) is 8.38. The third kappa shape index (κ3) is 2.61. The fourth-order valence-electron chi connectivity index (χ4n) is 2.82. The van der Waals surface area contributed by atoms with Gasteiger partial charge in [-0.15, -0.1) is 11.3 Å². The summed E-state index contributed by atoms with van der Waals surface area (Å²) in [4.78, 5) is 0. The molecule has 0 amide bonds. The molecule has 0 aliphatic heterocycles. The van der Waals surface area contributed by atoms with Gasteiger partial charge in [0.2, 0.25) is 0 Å². The summed E-state index contributed by atoms with van der Waals surface area (Å²) in [5.41, 5.74) is 4.59. The van der Waals surface area contributed by atoms with E-state index in [0.29, 0.717) is 0 Å². The molecule has 0 radical (unpaired) electrons. The molecular formula is C19H20OS. The van der Waals surface area contributed by atoms with Gasteiger partial charge in [-0.05, 0) is 46.4 Å². The Morgan fingerprint density at radius 3 is 2.57 bits per heavy atom. The molecular weight excluding hydrogens is 276 g/mol. The Hall–Kier alpha value is -1.64. The average molecular weight is 296 g/mol. The predicted octanol–water partition coefficient (Wildman–Crippen LogP) is 5.11. The standard InChI is InChI=1S/C19H20OS/c1-3-13-9-10-14(4-2)16(11-13)19(20)17-12-21-18-8-6-5-7-15(17)18/h5-12,19-20H,3-4H2,1-2H3. The van der Waals surface area contributed by atoms with Crippen LogP contribution in [-0.4, -0.2) is 5.11 Å². The van der Waals surface area contributed by atoms with Crippen molar-refractivity contribution >= 4 is 21.4 Å². The molecule has 3 aromatic rings. The molecule has 2 aromatic carbocycles. The lowest BCUT2D eigenvalue weighted by Crippen LogP contribution is -2.04. The third-order valence-electron chi connectivity index (χ3n) is 4.10. The lowest BCUT2D eigenvalue weighted by Gasteiger charge is -2.16. The van der Waals surface area contributed by atoms with Crippen molar-refractivity contribution in [3.05, 3.63) is 70.1 Å². The second kappa shape index (κ2) is 6.00. The first-order valence-electron chi connectivity index (χ1n) is 7.50. The minimum atomic E-state index is -0.539. The molecule has 21 heavy (non-hydrogen) atoms. The zero-order valence-electron chi connectivity index (χ0n) is 12.5. The van der Waals surface area contributed by atoms with Gasteiger partial charge in [-0.2, -0.15) is 0 Å². The highest BCUT2D eigenvalue weighted by molar-refractivity contribution is 7.17. The van der Waals surface area contributed by atoms with Crippen LogP contribution in [-0.2, 0) is 12.8 Å². The summed E-state index contributed by atoms with van der Waals surface area (Å²) in [6.07, 6.45) is 1.40. The van der Waals surface area contributed by atoms with E-state index in [0.717, 1.165) is 24.0 Å². The van der Waals surface area contributed by atoms with Gasteiger partial charge in [-0.3, -0.25) is 0 Å². The maximum absolute atomic E-state index is 10.9. The minimum Gasteiger partial charge on any atom is -0.384 e. The molecule has 0 aliphatic carbocycles. The van der Waals surface area contributed by atoms with Gasteiger partial charge in [0.05, 0.1) is 0 Å². The SMILES string of the molecule is CCc1ccc(CC)c(C(O)c2csc3ccccc23)c1. The molecule has 0 spiro atoms. The van der Waals surface area contributed by atoms with Crippen LogP contribution in [0.2, 0.25) is 0 Å². The van der Waals surface area contributed by atoms with Gasteiger partial charge in [0.25, 0.3) is 0 Å². The molecule has 1 atom stereocenters. The maximum atomic E-state index is 10.9. The van der Waals surface area contributed by atoms with E-state index in [9.17, 15) is 5.11 Å². The van der Waals surface area contributed by atoms with Crippen molar-refractivity contribution in [3.63, 3.8) is 0 Å². The summed E-state index contributed by atoms with van der Waals surface area (Å²) in [6.45, 7) is 4.29. The number of benzene rings is 2. The molecule has 0 saturated heterocycles.